The summed E-state index contributed by atoms with van der Waals surface area (Å²) in [5.41, 5.74) is 1.69. The lowest BCUT2D eigenvalue weighted by Gasteiger charge is -2.48. The van der Waals surface area contributed by atoms with E-state index in [9.17, 15) is 9.59 Å². The van der Waals surface area contributed by atoms with E-state index in [-0.39, 0.29) is 17.4 Å². The molecule has 1 N–H and O–H groups in total. The summed E-state index contributed by atoms with van der Waals surface area (Å²) in [5.74, 6) is 0.170. The van der Waals surface area contributed by atoms with Crippen molar-refractivity contribution in [1.82, 2.24) is 25.1 Å². The van der Waals surface area contributed by atoms with E-state index in [0.29, 0.717) is 26.1 Å². The highest BCUT2D eigenvalue weighted by Gasteiger charge is 2.42. The number of hydrogen-bond acceptors (Lipinski definition) is 4. The van der Waals surface area contributed by atoms with Gasteiger partial charge in [0.1, 0.15) is 0 Å². The maximum Gasteiger partial charge on any atom is 0.317 e. The van der Waals surface area contributed by atoms with E-state index in [4.69, 9.17) is 0 Å². The number of carbonyl (C=O) groups excluding carboxylic acids is 2. The summed E-state index contributed by atoms with van der Waals surface area (Å²) in [6.07, 6.45) is 6.93. The van der Waals surface area contributed by atoms with Crippen LogP contribution < -0.4 is 5.32 Å². The minimum absolute atomic E-state index is 0.00873. The highest BCUT2D eigenvalue weighted by Crippen LogP contribution is 2.39. The second-order valence-electron chi connectivity index (χ2n) is 7.26. The Kier molecular flexibility index (Phi) is 5.20. The molecule has 0 aromatic carbocycles. The number of amides is 3. The molecule has 1 aromatic heterocycles. The largest absolute Gasteiger partial charge is 0.338 e. The van der Waals surface area contributed by atoms with E-state index in [1.54, 1.807) is 12.4 Å². The van der Waals surface area contributed by atoms with E-state index in [1.807, 2.05) is 23.6 Å². The molecular weight excluding hydrogens is 318 g/mol. The van der Waals surface area contributed by atoms with Crippen LogP contribution in [0, 0.1) is 12.3 Å². The molecule has 3 heterocycles. The molecule has 2 aliphatic rings. The lowest BCUT2D eigenvalue weighted by atomic mass is 9.73. The fourth-order valence-corrected chi connectivity index (χ4v) is 3.92. The normalized spacial score (nSPS) is 23.8. The van der Waals surface area contributed by atoms with Crippen molar-refractivity contribution in [2.45, 2.75) is 46.1 Å². The predicted molar refractivity (Wildman–Crippen MR) is 93.7 cm³/mol. The van der Waals surface area contributed by atoms with Gasteiger partial charge < -0.3 is 15.1 Å². The van der Waals surface area contributed by atoms with Gasteiger partial charge in [0.25, 0.3) is 0 Å². The van der Waals surface area contributed by atoms with Gasteiger partial charge in [-0.15, -0.1) is 0 Å². The Morgan fingerprint density at radius 1 is 1.28 bits per heavy atom. The molecule has 2 saturated heterocycles. The molecule has 7 heteroatoms. The Hall–Kier alpha value is -2.18. The molecule has 0 radical (unpaired) electrons. The molecule has 2 fully saturated rings. The lowest BCUT2D eigenvalue weighted by Crippen LogP contribution is -2.56. The zero-order valence-electron chi connectivity index (χ0n) is 15.1. The fraction of sp³-hybridized carbons (Fsp3) is 0.667. The Morgan fingerprint density at radius 3 is 2.84 bits per heavy atom. The minimum Gasteiger partial charge on any atom is -0.338 e. The standard InChI is InChI=1S/C18H27N5O2/c1-3-19-17(25)22-8-4-6-18(12-22)7-5-16(24)23(13-18)11-15-10-20-14(2)9-21-15/h9-10H,3-8,11-13H2,1-2H3,(H,19,25)/t18-/m1/s1. The van der Waals surface area contributed by atoms with Gasteiger partial charge in [-0.1, -0.05) is 0 Å². The zero-order valence-corrected chi connectivity index (χ0v) is 15.1. The molecule has 0 bridgehead atoms. The molecule has 7 nitrogen and oxygen atoms in total. The minimum atomic E-state index is 0.00873. The van der Waals surface area contributed by atoms with Crippen LogP contribution in [0.5, 0.6) is 0 Å². The topological polar surface area (TPSA) is 78.4 Å². The first-order chi connectivity index (χ1) is 12.0. The van der Waals surface area contributed by atoms with Crippen LogP contribution in [-0.2, 0) is 11.3 Å². The number of aryl methyl sites for hydroxylation is 1. The number of rotatable bonds is 3. The van der Waals surface area contributed by atoms with Crippen LogP contribution >= 0.6 is 0 Å². The second kappa shape index (κ2) is 7.37. The highest BCUT2D eigenvalue weighted by molar-refractivity contribution is 5.77. The van der Waals surface area contributed by atoms with Crippen molar-refractivity contribution in [2.24, 2.45) is 5.41 Å². The fourth-order valence-electron chi connectivity index (χ4n) is 3.92. The molecule has 3 rings (SSSR count). The summed E-state index contributed by atoms with van der Waals surface area (Å²) >= 11 is 0. The van der Waals surface area contributed by atoms with Crippen LogP contribution in [0.3, 0.4) is 0 Å². The molecule has 2 aliphatic heterocycles. The molecule has 3 amide bonds. The van der Waals surface area contributed by atoms with E-state index in [1.165, 1.54) is 0 Å². The number of likely N-dealkylation sites (tertiary alicyclic amines) is 2. The van der Waals surface area contributed by atoms with E-state index < -0.39 is 0 Å². The first-order valence-electron chi connectivity index (χ1n) is 9.09. The van der Waals surface area contributed by atoms with Crippen molar-refractivity contribution in [3.05, 3.63) is 23.8 Å². The zero-order chi connectivity index (χ0) is 17.9. The van der Waals surface area contributed by atoms with Gasteiger partial charge in [0, 0.05) is 44.2 Å². The van der Waals surface area contributed by atoms with E-state index in [2.05, 4.69) is 15.3 Å². The third-order valence-electron chi connectivity index (χ3n) is 5.21. The predicted octanol–water partition coefficient (Wildman–Crippen LogP) is 1.72. The Bertz CT molecular complexity index is 633. The maximum absolute atomic E-state index is 12.4. The first kappa shape index (κ1) is 17.6. The molecule has 1 spiro atoms. The van der Waals surface area contributed by atoms with Crippen LogP contribution in [0.1, 0.15) is 44.0 Å². The molecule has 0 unspecified atom stereocenters. The van der Waals surface area contributed by atoms with Crippen LogP contribution in [0.25, 0.3) is 0 Å². The quantitative estimate of drug-likeness (QED) is 0.905. The maximum atomic E-state index is 12.4. The van der Waals surface area contributed by atoms with E-state index in [0.717, 1.165) is 43.7 Å². The van der Waals surface area contributed by atoms with Crippen LogP contribution in [-0.4, -0.2) is 57.9 Å². The number of carbonyl (C=O) groups is 2. The van der Waals surface area contributed by atoms with Crippen molar-refractivity contribution >= 4 is 11.9 Å². The lowest BCUT2D eigenvalue weighted by molar-refractivity contribution is -0.139. The third kappa shape index (κ3) is 4.08. The van der Waals surface area contributed by atoms with Crippen LogP contribution in [0.15, 0.2) is 12.4 Å². The summed E-state index contributed by atoms with van der Waals surface area (Å²) < 4.78 is 0. The number of nitrogens with one attached hydrogen (secondary N) is 1. The van der Waals surface area contributed by atoms with Gasteiger partial charge in [-0.2, -0.15) is 0 Å². The molecular formula is C18H27N5O2. The van der Waals surface area contributed by atoms with Gasteiger partial charge in [0.05, 0.1) is 24.1 Å². The molecule has 1 aromatic rings. The Labute approximate surface area is 148 Å². The number of piperidine rings is 2. The second-order valence-corrected chi connectivity index (χ2v) is 7.26. The average Bonchev–Trinajstić information content (AvgIpc) is 2.61. The summed E-state index contributed by atoms with van der Waals surface area (Å²) in [5, 5.41) is 2.89. The van der Waals surface area contributed by atoms with Crippen molar-refractivity contribution in [3.63, 3.8) is 0 Å². The summed E-state index contributed by atoms with van der Waals surface area (Å²) in [4.78, 5) is 37.1. The SMILES string of the molecule is CCNC(=O)N1CCC[C@@]2(CCC(=O)N(Cc3cnc(C)cn3)C2)C1. The van der Waals surface area contributed by atoms with Gasteiger partial charge in [-0.25, -0.2) is 4.79 Å². The Balaban J connectivity index is 1.69. The highest BCUT2D eigenvalue weighted by atomic mass is 16.2. The summed E-state index contributed by atoms with van der Waals surface area (Å²) in [6, 6.07) is 0.00873. The van der Waals surface area contributed by atoms with Crippen molar-refractivity contribution in [2.75, 3.05) is 26.2 Å². The van der Waals surface area contributed by atoms with Gasteiger partial charge in [-0.05, 0) is 33.1 Å². The number of aromatic nitrogens is 2. The third-order valence-corrected chi connectivity index (χ3v) is 5.21. The molecule has 0 saturated carbocycles. The number of hydrogen-bond donors (Lipinski definition) is 1. The first-order valence-corrected chi connectivity index (χ1v) is 9.09. The van der Waals surface area contributed by atoms with Crippen molar-refractivity contribution < 1.29 is 9.59 Å². The van der Waals surface area contributed by atoms with Crippen LogP contribution in [0.2, 0.25) is 0 Å². The van der Waals surface area contributed by atoms with Gasteiger partial charge in [-0.3, -0.25) is 14.8 Å². The van der Waals surface area contributed by atoms with Gasteiger partial charge >= 0.3 is 6.03 Å². The summed E-state index contributed by atoms with van der Waals surface area (Å²) in [7, 11) is 0. The van der Waals surface area contributed by atoms with Crippen molar-refractivity contribution in [1.29, 1.82) is 0 Å². The average molecular weight is 345 g/mol. The monoisotopic (exact) mass is 345 g/mol. The summed E-state index contributed by atoms with van der Waals surface area (Å²) in [6.45, 7) is 7.18. The number of urea groups is 1. The smallest absolute Gasteiger partial charge is 0.317 e. The van der Waals surface area contributed by atoms with Crippen molar-refractivity contribution in [3.8, 4) is 0 Å². The van der Waals surface area contributed by atoms with E-state index >= 15 is 0 Å². The van der Waals surface area contributed by atoms with Gasteiger partial charge in [0.2, 0.25) is 5.91 Å². The molecule has 1 atom stereocenters. The molecule has 0 aliphatic carbocycles. The van der Waals surface area contributed by atoms with Gasteiger partial charge in [0.15, 0.2) is 0 Å². The Morgan fingerprint density at radius 2 is 2.12 bits per heavy atom. The molecule has 136 valence electrons. The van der Waals surface area contributed by atoms with Crippen LogP contribution in [0.4, 0.5) is 4.79 Å². The molecule has 25 heavy (non-hydrogen) atoms. The number of nitrogens with zero attached hydrogens (tertiary/aromatic N) is 4.